The number of nitrogen functional groups attached to an aromatic ring is 1. The number of rotatable bonds is 3. The Morgan fingerprint density at radius 2 is 1.89 bits per heavy atom. The van der Waals surface area contributed by atoms with Gasteiger partial charge in [-0.2, -0.15) is 0 Å². The first-order valence-corrected chi connectivity index (χ1v) is 6.00. The zero-order valence-electron chi connectivity index (χ0n) is 10.3. The monoisotopic (exact) mass is 277 g/mol. The summed E-state index contributed by atoms with van der Waals surface area (Å²) in [4.78, 5) is 1.62. The summed E-state index contributed by atoms with van der Waals surface area (Å²) in [6, 6.07) is 11.4. The van der Waals surface area contributed by atoms with Gasteiger partial charge in [0.05, 0.1) is 11.4 Å². The molecule has 2 aromatic carbocycles. The number of hydrogen-bond donors (Lipinski definition) is 2. The maximum absolute atomic E-state index is 13.8. The largest absolute Gasteiger partial charge is 0.384 e. The van der Waals surface area contributed by atoms with Crippen LogP contribution in [0.3, 0.4) is 0 Å². The van der Waals surface area contributed by atoms with Gasteiger partial charge in [-0.3, -0.25) is 5.41 Å². The van der Waals surface area contributed by atoms with Crippen molar-refractivity contribution in [3.05, 3.63) is 58.9 Å². The molecular weight excluding hydrogens is 265 g/mol. The Morgan fingerprint density at radius 3 is 2.53 bits per heavy atom. The second-order valence-electron chi connectivity index (χ2n) is 4.09. The van der Waals surface area contributed by atoms with Gasteiger partial charge >= 0.3 is 0 Å². The average molecular weight is 278 g/mol. The van der Waals surface area contributed by atoms with Gasteiger partial charge in [-0.1, -0.05) is 23.7 Å². The number of amidine groups is 1. The first-order valence-electron chi connectivity index (χ1n) is 5.63. The predicted octanol–water partition coefficient (Wildman–Crippen LogP) is 3.53. The summed E-state index contributed by atoms with van der Waals surface area (Å²) in [6.07, 6.45) is 0. The van der Waals surface area contributed by atoms with E-state index in [1.807, 2.05) is 0 Å². The molecule has 3 N–H and O–H groups in total. The number of anilines is 2. The van der Waals surface area contributed by atoms with E-state index >= 15 is 0 Å². The molecule has 0 aliphatic rings. The summed E-state index contributed by atoms with van der Waals surface area (Å²) in [5.74, 6) is -0.436. The molecule has 0 spiro atoms. The Balaban J connectivity index is 2.55. The highest BCUT2D eigenvalue weighted by Gasteiger charge is 2.14. The van der Waals surface area contributed by atoms with E-state index in [4.69, 9.17) is 22.7 Å². The molecule has 0 aromatic heterocycles. The quantitative estimate of drug-likeness (QED) is 0.666. The Kier molecular flexibility index (Phi) is 3.71. The topological polar surface area (TPSA) is 53.1 Å². The van der Waals surface area contributed by atoms with Crippen LogP contribution >= 0.6 is 11.6 Å². The van der Waals surface area contributed by atoms with Crippen molar-refractivity contribution in [2.45, 2.75) is 0 Å². The fraction of sp³-hybridized carbons (Fsp3) is 0.0714. The maximum Gasteiger partial charge on any atom is 0.146 e. The molecule has 0 heterocycles. The molecule has 0 radical (unpaired) electrons. The molecule has 0 aliphatic heterocycles. The van der Waals surface area contributed by atoms with Crippen molar-refractivity contribution in [2.75, 3.05) is 11.9 Å². The van der Waals surface area contributed by atoms with Gasteiger partial charge in [-0.05, 0) is 30.3 Å². The number of nitrogens with two attached hydrogens (primary N) is 1. The van der Waals surface area contributed by atoms with E-state index in [2.05, 4.69) is 0 Å². The Labute approximate surface area is 115 Å². The van der Waals surface area contributed by atoms with E-state index in [1.165, 1.54) is 6.07 Å². The molecule has 0 bridgehead atoms. The van der Waals surface area contributed by atoms with E-state index in [1.54, 1.807) is 48.3 Å². The SMILES string of the molecule is CN(c1ccccc1F)c1cc(Cl)ccc1C(=N)N. The lowest BCUT2D eigenvalue weighted by molar-refractivity contribution is 0.627. The molecule has 0 aliphatic carbocycles. The summed E-state index contributed by atoms with van der Waals surface area (Å²) >= 11 is 5.96. The van der Waals surface area contributed by atoms with Crippen LogP contribution in [0.5, 0.6) is 0 Å². The lowest BCUT2D eigenvalue weighted by atomic mass is 10.1. The predicted molar refractivity (Wildman–Crippen MR) is 76.9 cm³/mol. The van der Waals surface area contributed by atoms with Crippen molar-refractivity contribution in [3.63, 3.8) is 0 Å². The molecular formula is C14H13ClFN3. The maximum atomic E-state index is 13.8. The highest BCUT2D eigenvalue weighted by molar-refractivity contribution is 6.31. The van der Waals surface area contributed by atoms with Crippen molar-refractivity contribution < 1.29 is 4.39 Å². The highest BCUT2D eigenvalue weighted by atomic mass is 35.5. The zero-order chi connectivity index (χ0) is 14.0. The third-order valence-corrected chi connectivity index (χ3v) is 3.06. The summed E-state index contributed by atoms with van der Waals surface area (Å²) in [5.41, 5.74) is 7.03. The lowest BCUT2D eigenvalue weighted by Crippen LogP contribution is -2.19. The van der Waals surface area contributed by atoms with Crippen LogP contribution in [0.15, 0.2) is 42.5 Å². The molecule has 0 atom stereocenters. The fourth-order valence-corrected chi connectivity index (χ4v) is 2.03. The highest BCUT2D eigenvalue weighted by Crippen LogP contribution is 2.30. The van der Waals surface area contributed by atoms with Crippen LogP contribution < -0.4 is 10.6 Å². The van der Waals surface area contributed by atoms with Crippen molar-refractivity contribution >= 4 is 28.8 Å². The number of nitrogens with zero attached hydrogens (tertiary/aromatic N) is 1. The number of para-hydroxylation sites is 1. The lowest BCUT2D eigenvalue weighted by Gasteiger charge is -2.23. The smallest absolute Gasteiger partial charge is 0.146 e. The molecule has 0 saturated heterocycles. The third kappa shape index (κ3) is 2.69. The molecule has 0 unspecified atom stereocenters. The molecule has 3 nitrogen and oxygen atoms in total. The summed E-state index contributed by atoms with van der Waals surface area (Å²) < 4.78 is 13.8. The van der Waals surface area contributed by atoms with E-state index in [9.17, 15) is 4.39 Å². The van der Waals surface area contributed by atoms with Crippen molar-refractivity contribution in [3.8, 4) is 0 Å². The van der Waals surface area contributed by atoms with E-state index < -0.39 is 0 Å². The third-order valence-electron chi connectivity index (χ3n) is 2.83. The van der Waals surface area contributed by atoms with Crippen molar-refractivity contribution in [2.24, 2.45) is 5.73 Å². The number of benzene rings is 2. The van der Waals surface area contributed by atoms with Gasteiger partial charge in [0.25, 0.3) is 0 Å². The Hall–Kier alpha value is -2.07. The molecule has 98 valence electrons. The number of hydrogen-bond acceptors (Lipinski definition) is 2. The van der Waals surface area contributed by atoms with Gasteiger partial charge in [-0.15, -0.1) is 0 Å². The van der Waals surface area contributed by atoms with Gasteiger partial charge in [0.2, 0.25) is 0 Å². The van der Waals surface area contributed by atoms with Crippen molar-refractivity contribution in [1.82, 2.24) is 0 Å². The van der Waals surface area contributed by atoms with E-state index in [0.717, 1.165) is 0 Å². The molecule has 5 heteroatoms. The second kappa shape index (κ2) is 5.28. The summed E-state index contributed by atoms with van der Waals surface area (Å²) in [5, 5.41) is 8.07. The molecule has 0 amide bonds. The van der Waals surface area contributed by atoms with Gasteiger partial charge in [-0.25, -0.2) is 4.39 Å². The minimum Gasteiger partial charge on any atom is -0.384 e. The normalized spacial score (nSPS) is 10.3. The first kappa shape index (κ1) is 13.4. The molecule has 0 saturated carbocycles. The van der Waals surface area contributed by atoms with Crippen LogP contribution in [0.25, 0.3) is 0 Å². The van der Waals surface area contributed by atoms with Crippen LogP contribution in [-0.4, -0.2) is 12.9 Å². The minimum absolute atomic E-state index is 0.0881. The van der Waals surface area contributed by atoms with E-state index in [-0.39, 0.29) is 11.7 Å². The minimum atomic E-state index is -0.348. The first-order chi connectivity index (χ1) is 9.00. The van der Waals surface area contributed by atoms with Crippen LogP contribution in [0.4, 0.5) is 15.8 Å². The Morgan fingerprint density at radius 1 is 1.21 bits per heavy atom. The van der Waals surface area contributed by atoms with Gasteiger partial charge in [0, 0.05) is 17.6 Å². The molecule has 2 aromatic rings. The fourth-order valence-electron chi connectivity index (χ4n) is 1.86. The van der Waals surface area contributed by atoms with Crippen LogP contribution in [0.1, 0.15) is 5.56 Å². The number of nitrogens with one attached hydrogen (secondary N) is 1. The van der Waals surface area contributed by atoms with Crippen LogP contribution in [0, 0.1) is 11.2 Å². The zero-order valence-corrected chi connectivity index (χ0v) is 11.1. The second-order valence-corrected chi connectivity index (χ2v) is 4.52. The summed E-state index contributed by atoms with van der Waals surface area (Å²) in [7, 11) is 1.70. The molecule has 2 rings (SSSR count). The van der Waals surface area contributed by atoms with Gasteiger partial charge < -0.3 is 10.6 Å². The molecule has 19 heavy (non-hydrogen) atoms. The Bertz CT molecular complexity index is 628. The van der Waals surface area contributed by atoms with Gasteiger partial charge in [0.15, 0.2) is 0 Å². The average Bonchev–Trinajstić information content (AvgIpc) is 2.38. The summed E-state index contributed by atoms with van der Waals surface area (Å²) in [6.45, 7) is 0. The molecule has 0 fully saturated rings. The van der Waals surface area contributed by atoms with E-state index in [0.29, 0.717) is 22.0 Å². The van der Waals surface area contributed by atoms with Crippen molar-refractivity contribution in [1.29, 1.82) is 5.41 Å². The standard InChI is InChI=1S/C14H13ClFN3/c1-19(12-5-3-2-4-11(12)16)13-8-9(15)6-7-10(13)14(17)18/h2-8H,1H3,(H3,17,18). The number of halogens is 2. The van der Waals surface area contributed by atoms with Gasteiger partial charge in [0.1, 0.15) is 11.7 Å². The van der Waals surface area contributed by atoms with Crippen LogP contribution in [-0.2, 0) is 0 Å². The van der Waals surface area contributed by atoms with Crippen LogP contribution in [0.2, 0.25) is 5.02 Å².